The fourth-order valence-electron chi connectivity index (χ4n) is 2.50. The summed E-state index contributed by atoms with van der Waals surface area (Å²) in [4.78, 5) is 2.54. The normalized spacial score (nSPS) is 21.5. The zero-order valence-electron chi connectivity index (χ0n) is 10.4. The third kappa shape index (κ3) is 3.06. The highest BCUT2D eigenvalue weighted by Gasteiger charge is 2.21. The van der Waals surface area contributed by atoms with Crippen LogP contribution in [0.2, 0.25) is 0 Å². The van der Waals surface area contributed by atoms with Gasteiger partial charge in [0.25, 0.3) is 0 Å². The first-order valence-corrected chi connectivity index (χ1v) is 6.29. The second-order valence-electron chi connectivity index (χ2n) is 4.77. The molecule has 0 spiro atoms. The highest BCUT2D eigenvalue weighted by atomic mass is 15.2. The summed E-state index contributed by atoms with van der Waals surface area (Å²) >= 11 is 0. The van der Waals surface area contributed by atoms with E-state index >= 15 is 0 Å². The smallest absolute Gasteiger partial charge is 0.0234 e. The van der Waals surface area contributed by atoms with E-state index in [4.69, 9.17) is 0 Å². The maximum absolute atomic E-state index is 3.53. The Bertz CT molecular complexity index is 335. The number of hydrogen-bond donors (Lipinski definition) is 1. The molecule has 1 aromatic carbocycles. The highest BCUT2D eigenvalue weighted by Crippen LogP contribution is 2.14. The molecule has 1 aromatic rings. The molecular weight excluding hydrogens is 196 g/mol. The molecule has 16 heavy (non-hydrogen) atoms. The fraction of sp³-hybridized carbons (Fsp3) is 0.571. The summed E-state index contributed by atoms with van der Waals surface area (Å²) in [6.07, 6.45) is 1.29. The van der Waals surface area contributed by atoms with Crippen LogP contribution in [0.5, 0.6) is 0 Å². The van der Waals surface area contributed by atoms with Crippen molar-refractivity contribution in [2.24, 2.45) is 0 Å². The Hall–Kier alpha value is -0.860. The lowest BCUT2D eigenvalue weighted by atomic mass is 10.1. The summed E-state index contributed by atoms with van der Waals surface area (Å²) < 4.78 is 0. The van der Waals surface area contributed by atoms with Gasteiger partial charge in [-0.1, -0.05) is 36.8 Å². The van der Waals surface area contributed by atoms with Gasteiger partial charge < -0.3 is 5.32 Å². The van der Waals surface area contributed by atoms with Gasteiger partial charge in [-0.3, -0.25) is 4.90 Å². The number of aryl methyl sites for hydroxylation is 1. The molecule has 0 aliphatic carbocycles. The van der Waals surface area contributed by atoms with Gasteiger partial charge in [0.2, 0.25) is 0 Å². The molecule has 1 atom stereocenters. The van der Waals surface area contributed by atoms with Crippen molar-refractivity contribution < 1.29 is 0 Å². The molecule has 1 unspecified atom stereocenters. The minimum Gasteiger partial charge on any atom is -0.313 e. The molecule has 88 valence electrons. The quantitative estimate of drug-likeness (QED) is 0.833. The van der Waals surface area contributed by atoms with Crippen LogP contribution in [0.4, 0.5) is 0 Å². The summed E-state index contributed by atoms with van der Waals surface area (Å²) in [7, 11) is 0. The number of likely N-dealkylation sites (N-methyl/N-ethyl adjacent to an activating group) is 1. The SMILES string of the molecule is CCNC1CCN(Cc2cccc(C)c2)C1. The molecule has 0 amide bonds. The summed E-state index contributed by atoms with van der Waals surface area (Å²) in [6, 6.07) is 9.54. The molecule has 2 rings (SSSR count). The number of hydrogen-bond acceptors (Lipinski definition) is 2. The van der Waals surface area contributed by atoms with Crippen molar-refractivity contribution in [1.82, 2.24) is 10.2 Å². The monoisotopic (exact) mass is 218 g/mol. The molecule has 1 fully saturated rings. The molecule has 1 N–H and O–H groups in total. The van der Waals surface area contributed by atoms with Crippen molar-refractivity contribution in [1.29, 1.82) is 0 Å². The summed E-state index contributed by atoms with van der Waals surface area (Å²) in [6.45, 7) is 8.96. The fourth-order valence-corrected chi connectivity index (χ4v) is 2.50. The molecule has 0 aromatic heterocycles. The van der Waals surface area contributed by atoms with Crippen LogP contribution in [0.15, 0.2) is 24.3 Å². The molecule has 1 saturated heterocycles. The Kier molecular flexibility index (Phi) is 3.97. The molecule has 2 heteroatoms. The van der Waals surface area contributed by atoms with E-state index in [2.05, 4.69) is 48.3 Å². The Labute approximate surface area is 98.7 Å². The van der Waals surface area contributed by atoms with Crippen LogP contribution in [0.1, 0.15) is 24.5 Å². The van der Waals surface area contributed by atoms with E-state index in [0.29, 0.717) is 6.04 Å². The second kappa shape index (κ2) is 5.46. The van der Waals surface area contributed by atoms with Crippen molar-refractivity contribution >= 4 is 0 Å². The Morgan fingerprint density at radius 2 is 2.31 bits per heavy atom. The van der Waals surface area contributed by atoms with Gasteiger partial charge in [-0.25, -0.2) is 0 Å². The first-order chi connectivity index (χ1) is 7.78. The van der Waals surface area contributed by atoms with Gasteiger partial charge in [-0.05, 0) is 25.5 Å². The second-order valence-corrected chi connectivity index (χ2v) is 4.77. The molecule has 1 aliphatic heterocycles. The van der Waals surface area contributed by atoms with E-state index in [0.717, 1.165) is 13.1 Å². The lowest BCUT2D eigenvalue weighted by molar-refractivity contribution is 0.321. The lowest BCUT2D eigenvalue weighted by Gasteiger charge is -2.16. The largest absolute Gasteiger partial charge is 0.313 e. The average molecular weight is 218 g/mol. The van der Waals surface area contributed by atoms with Crippen LogP contribution in [0, 0.1) is 6.92 Å². The number of nitrogens with one attached hydrogen (secondary N) is 1. The van der Waals surface area contributed by atoms with Crippen molar-refractivity contribution in [3.8, 4) is 0 Å². The van der Waals surface area contributed by atoms with Crippen molar-refractivity contribution in [3.05, 3.63) is 35.4 Å². The maximum Gasteiger partial charge on any atom is 0.0234 e. The van der Waals surface area contributed by atoms with E-state index in [1.165, 1.54) is 30.6 Å². The van der Waals surface area contributed by atoms with Crippen molar-refractivity contribution in [3.63, 3.8) is 0 Å². The van der Waals surface area contributed by atoms with E-state index in [-0.39, 0.29) is 0 Å². The Morgan fingerprint density at radius 3 is 3.06 bits per heavy atom. The topological polar surface area (TPSA) is 15.3 Å². The van der Waals surface area contributed by atoms with Crippen LogP contribution in [0.25, 0.3) is 0 Å². The van der Waals surface area contributed by atoms with Crippen molar-refractivity contribution in [2.75, 3.05) is 19.6 Å². The molecule has 1 heterocycles. The van der Waals surface area contributed by atoms with Crippen molar-refractivity contribution in [2.45, 2.75) is 32.9 Å². The van der Waals surface area contributed by atoms with Gasteiger partial charge in [-0.15, -0.1) is 0 Å². The van der Waals surface area contributed by atoms with Crippen LogP contribution in [0.3, 0.4) is 0 Å². The molecule has 2 nitrogen and oxygen atoms in total. The third-order valence-electron chi connectivity index (χ3n) is 3.25. The molecule has 0 saturated carbocycles. The third-order valence-corrected chi connectivity index (χ3v) is 3.25. The number of rotatable bonds is 4. The predicted octanol–water partition coefficient (Wildman–Crippen LogP) is 2.18. The van der Waals surface area contributed by atoms with Gasteiger partial charge in [0, 0.05) is 25.7 Å². The van der Waals surface area contributed by atoms with Gasteiger partial charge in [0.05, 0.1) is 0 Å². The van der Waals surface area contributed by atoms with Gasteiger partial charge in [0.1, 0.15) is 0 Å². The Balaban J connectivity index is 1.87. The zero-order chi connectivity index (χ0) is 11.4. The van der Waals surface area contributed by atoms with Crippen LogP contribution in [-0.4, -0.2) is 30.6 Å². The molecular formula is C14H22N2. The van der Waals surface area contributed by atoms with Gasteiger partial charge in [0.15, 0.2) is 0 Å². The summed E-state index contributed by atoms with van der Waals surface area (Å²) in [5.74, 6) is 0. The number of benzene rings is 1. The number of likely N-dealkylation sites (tertiary alicyclic amines) is 1. The summed E-state index contributed by atoms with van der Waals surface area (Å²) in [5.41, 5.74) is 2.80. The minimum atomic E-state index is 0.704. The molecule has 0 bridgehead atoms. The van der Waals surface area contributed by atoms with E-state index in [9.17, 15) is 0 Å². The van der Waals surface area contributed by atoms with Crippen LogP contribution < -0.4 is 5.32 Å². The number of nitrogens with zero attached hydrogens (tertiary/aromatic N) is 1. The first-order valence-electron chi connectivity index (χ1n) is 6.29. The van der Waals surface area contributed by atoms with Gasteiger partial charge >= 0.3 is 0 Å². The molecule has 0 radical (unpaired) electrons. The zero-order valence-corrected chi connectivity index (χ0v) is 10.4. The molecule has 1 aliphatic rings. The van der Waals surface area contributed by atoms with E-state index in [1.54, 1.807) is 0 Å². The highest BCUT2D eigenvalue weighted by molar-refractivity contribution is 5.22. The van der Waals surface area contributed by atoms with Crippen LogP contribution >= 0.6 is 0 Å². The average Bonchev–Trinajstić information content (AvgIpc) is 2.66. The minimum absolute atomic E-state index is 0.704. The Morgan fingerprint density at radius 1 is 1.44 bits per heavy atom. The first kappa shape index (κ1) is 11.6. The maximum atomic E-state index is 3.53. The van der Waals surface area contributed by atoms with Crippen LogP contribution in [-0.2, 0) is 6.54 Å². The van der Waals surface area contributed by atoms with Gasteiger partial charge in [-0.2, -0.15) is 0 Å². The lowest BCUT2D eigenvalue weighted by Crippen LogP contribution is -2.32. The van der Waals surface area contributed by atoms with E-state index in [1.807, 2.05) is 0 Å². The van der Waals surface area contributed by atoms with E-state index < -0.39 is 0 Å². The summed E-state index contributed by atoms with van der Waals surface area (Å²) in [5, 5.41) is 3.53. The predicted molar refractivity (Wildman–Crippen MR) is 68.5 cm³/mol. The standard InChI is InChI=1S/C14H22N2/c1-3-15-14-7-8-16(11-14)10-13-6-4-5-12(2)9-13/h4-6,9,14-15H,3,7-8,10-11H2,1-2H3.